The molecule has 35 heavy (non-hydrogen) atoms. The highest BCUT2D eigenvalue weighted by molar-refractivity contribution is 5.92. The van der Waals surface area contributed by atoms with Gasteiger partial charge in [0.15, 0.2) is 11.5 Å². The number of hydrogen-bond donors (Lipinski definition) is 1. The molecule has 0 spiro atoms. The van der Waals surface area contributed by atoms with E-state index in [0.29, 0.717) is 16.9 Å². The molecule has 3 rings (SSSR count). The Hall–Kier alpha value is -4.13. The maximum Gasteiger partial charge on any atom is 0.416 e. The maximum atomic E-state index is 13.0. The molecule has 0 bridgehead atoms. The minimum Gasteiger partial charge on any atom is -0.493 e. The van der Waals surface area contributed by atoms with Crippen molar-refractivity contribution in [1.82, 2.24) is 0 Å². The van der Waals surface area contributed by atoms with E-state index in [2.05, 4.69) is 0 Å². The minimum absolute atomic E-state index is 0.00708. The van der Waals surface area contributed by atoms with Gasteiger partial charge in [0.05, 0.1) is 30.8 Å². The van der Waals surface area contributed by atoms with Crippen molar-refractivity contribution in [2.45, 2.75) is 32.5 Å². The van der Waals surface area contributed by atoms with Crippen molar-refractivity contribution in [3.63, 3.8) is 0 Å². The number of carbonyl (C=O) groups is 1. The van der Waals surface area contributed by atoms with Crippen LogP contribution in [0.5, 0.6) is 11.5 Å². The molecule has 1 aliphatic rings. The van der Waals surface area contributed by atoms with E-state index >= 15 is 0 Å². The highest BCUT2D eigenvalue weighted by atomic mass is 19.4. The lowest BCUT2D eigenvalue weighted by Gasteiger charge is -2.27. The molecular formula is C25H23F3N2O5. The van der Waals surface area contributed by atoms with Crippen molar-refractivity contribution in [3.8, 4) is 17.6 Å². The second-order valence-electron chi connectivity index (χ2n) is 7.51. The Morgan fingerprint density at radius 1 is 1.20 bits per heavy atom. The van der Waals surface area contributed by atoms with E-state index in [4.69, 9.17) is 24.7 Å². The Morgan fingerprint density at radius 2 is 1.94 bits per heavy atom. The number of alkyl halides is 3. The zero-order chi connectivity index (χ0) is 25.8. The molecule has 2 aromatic rings. The fourth-order valence-corrected chi connectivity index (χ4v) is 3.67. The summed E-state index contributed by atoms with van der Waals surface area (Å²) in [5.41, 5.74) is 5.99. The van der Waals surface area contributed by atoms with Gasteiger partial charge in [0.25, 0.3) is 0 Å². The molecule has 184 valence electrons. The summed E-state index contributed by atoms with van der Waals surface area (Å²) in [5, 5.41) is 9.73. The normalized spacial score (nSPS) is 15.9. The third-order valence-electron chi connectivity index (χ3n) is 5.27. The first-order valence-corrected chi connectivity index (χ1v) is 10.5. The minimum atomic E-state index is -4.48. The second-order valence-corrected chi connectivity index (χ2v) is 7.51. The van der Waals surface area contributed by atoms with E-state index in [0.717, 1.165) is 12.1 Å². The number of allylic oxidation sites excluding steroid dienone is 2. The topological polar surface area (TPSA) is 104 Å². The Morgan fingerprint density at radius 3 is 2.57 bits per heavy atom. The van der Waals surface area contributed by atoms with Gasteiger partial charge in [-0.25, -0.2) is 4.79 Å². The molecule has 0 saturated heterocycles. The van der Waals surface area contributed by atoms with E-state index in [1.165, 1.54) is 26.2 Å². The van der Waals surface area contributed by atoms with Crippen LogP contribution in [-0.2, 0) is 27.1 Å². The maximum absolute atomic E-state index is 13.0. The van der Waals surface area contributed by atoms with Gasteiger partial charge in [0.1, 0.15) is 24.0 Å². The van der Waals surface area contributed by atoms with E-state index in [9.17, 15) is 23.2 Å². The van der Waals surface area contributed by atoms with Gasteiger partial charge in [-0.15, -0.1) is 0 Å². The molecule has 0 saturated carbocycles. The summed E-state index contributed by atoms with van der Waals surface area (Å²) in [6, 6.07) is 11.5. The number of methoxy groups -OCH3 is 1. The third kappa shape index (κ3) is 5.51. The standard InChI is InChI=1S/C25H23F3N2O5/c1-4-33-24(31)21-14(2)35-23(30)18(12-29)22(21)16-8-9-19(32-3)20(11-16)34-13-15-6-5-7-17(10-15)25(26,27)28/h5-11,22H,4,13,30H2,1-3H3. The smallest absolute Gasteiger partial charge is 0.416 e. The second kappa shape index (κ2) is 10.4. The van der Waals surface area contributed by atoms with Gasteiger partial charge in [-0.1, -0.05) is 18.2 Å². The van der Waals surface area contributed by atoms with Crippen LogP contribution in [0.15, 0.2) is 65.3 Å². The Kier molecular flexibility index (Phi) is 7.59. The van der Waals surface area contributed by atoms with Gasteiger partial charge in [0.2, 0.25) is 5.88 Å². The third-order valence-corrected chi connectivity index (χ3v) is 5.27. The predicted molar refractivity (Wildman–Crippen MR) is 119 cm³/mol. The van der Waals surface area contributed by atoms with Crippen LogP contribution < -0.4 is 15.2 Å². The van der Waals surface area contributed by atoms with Crippen LogP contribution in [0.1, 0.15) is 36.5 Å². The van der Waals surface area contributed by atoms with Crippen LogP contribution in [0, 0.1) is 11.3 Å². The monoisotopic (exact) mass is 488 g/mol. The molecule has 1 aliphatic heterocycles. The number of rotatable bonds is 7. The van der Waals surface area contributed by atoms with Crippen LogP contribution in [-0.4, -0.2) is 19.7 Å². The molecule has 0 aliphatic carbocycles. The fraction of sp³-hybridized carbons (Fsp3) is 0.280. The first-order valence-electron chi connectivity index (χ1n) is 10.5. The van der Waals surface area contributed by atoms with Crippen LogP contribution >= 0.6 is 0 Å². The lowest BCUT2D eigenvalue weighted by Crippen LogP contribution is -2.25. The molecule has 2 aromatic carbocycles. The number of nitriles is 1. The summed E-state index contributed by atoms with van der Waals surface area (Å²) in [7, 11) is 1.41. The average Bonchev–Trinajstić information content (AvgIpc) is 2.81. The largest absolute Gasteiger partial charge is 0.493 e. The number of ether oxygens (including phenoxy) is 4. The Bertz CT molecular complexity index is 1230. The lowest BCUT2D eigenvalue weighted by atomic mass is 9.83. The molecule has 0 amide bonds. The first-order chi connectivity index (χ1) is 16.6. The number of nitrogens with zero attached hydrogens (tertiary/aromatic N) is 1. The SMILES string of the molecule is CCOC(=O)C1=C(C)OC(N)=C(C#N)C1c1ccc(OC)c(OCc2cccc(C(F)(F)F)c2)c1. The van der Waals surface area contributed by atoms with Gasteiger partial charge in [-0.2, -0.15) is 18.4 Å². The van der Waals surface area contributed by atoms with Crippen molar-refractivity contribution in [2.24, 2.45) is 5.73 Å². The molecule has 1 heterocycles. The van der Waals surface area contributed by atoms with E-state index < -0.39 is 23.6 Å². The zero-order valence-electron chi connectivity index (χ0n) is 19.2. The highest BCUT2D eigenvalue weighted by Gasteiger charge is 2.37. The molecule has 10 heteroatoms. The van der Waals surface area contributed by atoms with Gasteiger partial charge in [-0.05, 0) is 49.2 Å². The summed E-state index contributed by atoms with van der Waals surface area (Å²) < 4.78 is 60.8. The fourth-order valence-electron chi connectivity index (χ4n) is 3.67. The van der Waals surface area contributed by atoms with E-state index in [-0.39, 0.29) is 41.8 Å². The Labute approximate surface area is 200 Å². The number of halogens is 3. The average molecular weight is 488 g/mol. The van der Waals surface area contributed by atoms with E-state index in [1.807, 2.05) is 6.07 Å². The van der Waals surface area contributed by atoms with Gasteiger partial charge >= 0.3 is 12.1 Å². The van der Waals surface area contributed by atoms with Crippen molar-refractivity contribution in [3.05, 3.63) is 81.9 Å². The predicted octanol–water partition coefficient (Wildman–Crippen LogP) is 4.94. The summed E-state index contributed by atoms with van der Waals surface area (Å²) >= 11 is 0. The van der Waals surface area contributed by atoms with Crippen molar-refractivity contribution in [2.75, 3.05) is 13.7 Å². The molecule has 0 radical (unpaired) electrons. The van der Waals surface area contributed by atoms with Gasteiger partial charge < -0.3 is 24.7 Å². The summed E-state index contributed by atoms with van der Waals surface area (Å²) in [6.07, 6.45) is -4.48. The van der Waals surface area contributed by atoms with Gasteiger partial charge in [0, 0.05) is 0 Å². The van der Waals surface area contributed by atoms with Crippen molar-refractivity contribution >= 4 is 5.97 Å². The molecule has 7 nitrogen and oxygen atoms in total. The number of nitrogens with two attached hydrogens (primary N) is 1. The Balaban J connectivity index is 2.01. The molecule has 0 fully saturated rings. The number of hydrogen-bond acceptors (Lipinski definition) is 7. The molecule has 0 aromatic heterocycles. The van der Waals surface area contributed by atoms with Crippen molar-refractivity contribution in [1.29, 1.82) is 5.26 Å². The number of carbonyl (C=O) groups excluding carboxylic acids is 1. The first kappa shape index (κ1) is 25.5. The van der Waals surface area contributed by atoms with Crippen LogP contribution in [0.25, 0.3) is 0 Å². The molecule has 1 atom stereocenters. The highest BCUT2D eigenvalue weighted by Crippen LogP contribution is 2.42. The summed E-state index contributed by atoms with van der Waals surface area (Å²) in [6.45, 7) is 3.11. The number of benzene rings is 2. The quantitative estimate of drug-likeness (QED) is 0.551. The van der Waals surface area contributed by atoms with Crippen LogP contribution in [0.2, 0.25) is 0 Å². The molecule has 2 N–H and O–H groups in total. The summed E-state index contributed by atoms with van der Waals surface area (Å²) in [4.78, 5) is 12.7. The summed E-state index contributed by atoms with van der Waals surface area (Å²) in [5.74, 6) is -1.03. The molecule has 1 unspecified atom stereocenters. The zero-order valence-corrected chi connectivity index (χ0v) is 19.2. The van der Waals surface area contributed by atoms with Gasteiger partial charge in [-0.3, -0.25) is 0 Å². The molecular weight excluding hydrogens is 465 g/mol. The van der Waals surface area contributed by atoms with Crippen LogP contribution in [0.4, 0.5) is 13.2 Å². The van der Waals surface area contributed by atoms with Crippen molar-refractivity contribution < 1.29 is 36.9 Å². The van der Waals surface area contributed by atoms with E-state index in [1.54, 1.807) is 25.1 Å². The lowest BCUT2D eigenvalue weighted by molar-refractivity contribution is -0.139. The number of esters is 1. The van der Waals surface area contributed by atoms with Crippen LogP contribution in [0.3, 0.4) is 0 Å².